The van der Waals surface area contributed by atoms with Gasteiger partial charge in [-0.3, -0.25) is 0 Å². The standard InChI is InChI=1S/C19H20N2O3/c22-19(24-18-4-2-1-3-5-18)17-8-6-15(7-9-17)16-10-12-21(13-11-16)14-20-23/h1-9,14,16,23H,10-13H2. The topological polar surface area (TPSA) is 62.1 Å². The highest BCUT2D eigenvalue weighted by atomic mass is 16.5. The molecule has 1 N–H and O–H groups in total. The predicted octanol–water partition coefficient (Wildman–Crippen LogP) is 3.50. The average molecular weight is 324 g/mol. The maximum Gasteiger partial charge on any atom is 0.343 e. The zero-order valence-corrected chi connectivity index (χ0v) is 13.3. The van der Waals surface area contributed by atoms with Gasteiger partial charge < -0.3 is 14.8 Å². The van der Waals surface area contributed by atoms with E-state index in [-0.39, 0.29) is 5.97 Å². The molecule has 124 valence electrons. The summed E-state index contributed by atoms with van der Waals surface area (Å²) in [5.41, 5.74) is 1.78. The van der Waals surface area contributed by atoms with Crippen LogP contribution in [0, 0.1) is 0 Å². The number of benzene rings is 2. The molecule has 0 unspecified atom stereocenters. The summed E-state index contributed by atoms with van der Waals surface area (Å²) >= 11 is 0. The Hall–Kier alpha value is -2.82. The molecule has 3 rings (SSSR count). The molecule has 1 aliphatic heterocycles. The number of nitrogens with zero attached hydrogens (tertiary/aromatic N) is 2. The van der Waals surface area contributed by atoms with Crippen LogP contribution in [0.25, 0.3) is 0 Å². The molecule has 1 saturated heterocycles. The number of rotatable bonds is 4. The molecule has 0 atom stereocenters. The number of para-hydroxylation sites is 1. The van der Waals surface area contributed by atoms with E-state index in [1.165, 1.54) is 11.9 Å². The first-order valence-corrected chi connectivity index (χ1v) is 8.05. The van der Waals surface area contributed by atoms with Gasteiger partial charge >= 0.3 is 5.97 Å². The Labute approximate surface area is 141 Å². The van der Waals surface area contributed by atoms with Crippen LogP contribution in [0.5, 0.6) is 5.75 Å². The average Bonchev–Trinajstić information content (AvgIpc) is 2.64. The first-order valence-electron chi connectivity index (χ1n) is 8.05. The zero-order valence-electron chi connectivity index (χ0n) is 13.3. The number of hydrogen-bond acceptors (Lipinski definition) is 4. The number of ether oxygens (including phenoxy) is 1. The van der Waals surface area contributed by atoms with Gasteiger partial charge in [0.15, 0.2) is 0 Å². The molecule has 1 heterocycles. The third-order valence-electron chi connectivity index (χ3n) is 4.32. The van der Waals surface area contributed by atoms with E-state index >= 15 is 0 Å². The molecule has 0 amide bonds. The summed E-state index contributed by atoms with van der Waals surface area (Å²) in [5, 5.41) is 11.6. The Balaban J connectivity index is 1.60. The predicted molar refractivity (Wildman–Crippen MR) is 91.7 cm³/mol. The van der Waals surface area contributed by atoms with Crippen LogP contribution in [-0.4, -0.2) is 35.5 Å². The number of carbonyl (C=O) groups excluding carboxylic acids is 1. The van der Waals surface area contributed by atoms with Crippen molar-refractivity contribution < 1.29 is 14.7 Å². The van der Waals surface area contributed by atoms with Gasteiger partial charge in [-0.05, 0) is 48.6 Å². The van der Waals surface area contributed by atoms with Crippen molar-refractivity contribution in [1.29, 1.82) is 0 Å². The number of carbonyl (C=O) groups is 1. The molecule has 0 radical (unpaired) electrons. The lowest BCUT2D eigenvalue weighted by Gasteiger charge is -2.30. The molecule has 5 nitrogen and oxygen atoms in total. The van der Waals surface area contributed by atoms with Gasteiger partial charge in [0.1, 0.15) is 12.1 Å². The number of likely N-dealkylation sites (tertiary alicyclic amines) is 1. The minimum absolute atomic E-state index is 0.346. The maximum absolute atomic E-state index is 12.1. The second-order valence-corrected chi connectivity index (χ2v) is 5.87. The van der Waals surface area contributed by atoms with Crippen LogP contribution in [0.15, 0.2) is 59.8 Å². The van der Waals surface area contributed by atoms with E-state index in [1.807, 2.05) is 47.4 Å². The van der Waals surface area contributed by atoms with Crippen LogP contribution >= 0.6 is 0 Å². The summed E-state index contributed by atoms with van der Waals surface area (Å²) in [6.45, 7) is 1.74. The summed E-state index contributed by atoms with van der Waals surface area (Å²) in [7, 11) is 0. The highest BCUT2D eigenvalue weighted by Crippen LogP contribution is 2.27. The fourth-order valence-corrected chi connectivity index (χ4v) is 2.97. The smallest absolute Gasteiger partial charge is 0.343 e. The Kier molecular flexibility index (Phi) is 5.11. The SMILES string of the molecule is O=C(Oc1ccccc1)c1ccc(C2CCN(C=NO)CC2)cc1. The lowest BCUT2D eigenvalue weighted by molar-refractivity contribution is 0.0734. The van der Waals surface area contributed by atoms with Crippen molar-refractivity contribution in [2.45, 2.75) is 18.8 Å². The Morgan fingerprint density at radius 1 is 1.08 bits per heavy atom. The minimum atomic E-state index is -0.346. The van der Waals surface area contributed by atoms with Crippen molar-refractivity contribution in [3.63, 3.8) is 0 Å². The van der Waals surface area contributed by atoms with Crippen LogP contribution < -0.4 is 4.74 Å². The molecule has 0 spiro atoms. The molecule has 5 heteroatoms. The first kappa shape index (κ1) is 16.1. The van der Waals surface area contributed by atoms with Gasteiger partial charge in [-0.1, -0.05) is 35.5 Å². The summed E-state index contributed by atoms with van der Waals surface area (Å²) in [4.78, 5) is 14.2. The van der Waals surface area contributed by atoms with Crippen molar-refractivity contribution in [3.05, 3.63) is 65.7 Å². The highest BCUT2D eigenvalue weighted by molar-refractivity contribution is 5.91. The van der Waals surface area contributed by atoms with Crippen LogP contribution in [0.4, 0.5) is 0 Å². The molecule has 0 saturated carbocycles. The minimum Gasteiger partial charge on any atom is -0.423 e. The molecular weight excluding hydrogens is 304 g/mol. The van der Waals surface area contributed by atoms with E-state index in [9.17, 15) is 4.79 Å². The van der Waals surface area contributed by atoms with E-state index in [0.717, 1.165) is 25.9 Å². The molecule has 1 aliphatic rings. The number of esters is 1. The molecular formula is C19H20N2O3. The van der Waals surface area contributed by atoms with Crippen LogP contribution in [0.1, 0.15) is 34.7 Å². The molecule has 24 heavy (non-hydrogen) atoms. The Morgan fingerprint density at radius 3 is 2.38 bits per heavy atom. The number of hydrogen-bond donors (Lipinski definition) is 1. The third kappa shape index (κ3) is 3.93. The van der Waals surface area contributed by atoms with Crippen molar-refractivity contribution in [2.24, 2.45) is 5.16 Å². The molecule has 0 aliphatic carbocycles. The van der Waals surface area contributed by atoms with Crippen molar-refractivity contribution in [2.75, 3.05) is 13.1 Å². The van der Waals surface area contributed by atoms with E-state index in [4.69, 9.17) is 9.94 Å². The fourth-order valence-electron chi connectivity index (χ4n) is 2.97. The normalized spacial score (nSPS) is 15.6. The number of oxime groups is 1. The highest BCUT2D eigenvalue weighted by Gasteiger charge is 2.19. The van der Waals surface area contributed by atoms with Gasteiger partial charge in [-0.15, -0.1) is 0 Å². The zero-order chi connectivity index (χ0) is 16.8. The van der Waals surface area contributed by atoms with Crippen LogP contribution in [-0.2, 0) is 0 Å². The van der Waals surface area contributed by atoms with Gasteiger partial charge in [0.2, 0.25) is 0 Å². The number of piperidine rings is 1. The summed E-state index contributed by atoms with van der Waals surface area (Å²) in [6, 6.07) is 16.7. The molecule has 2 aromatic carbocycles. The second-order valence-electron chi connectivity index (χ2n) is 5.87. The lowest BCUT2D eigenvalue weighted by Crippen LogP contribution is -2.31. The quantitative estimate of drug-likeness (QED) is 0.233. The van der Waals surface area contributed by atoms with E-state index < -0.39 is 0 Å². The first-order chi connectivity index (χ1) is 11.8. The van der Waals surface area contributed by atoms with Gasteiger partial charge in [0.25, 0.3) is 0 Å². The third-order valence-corrected chi connectivity index (χ3v) is 4.32. The van der Waals surface area contributed by atoms with Gasteiger partial charge in [0, 0.05) is 13.1 Å². The molecule has 0 bridgehead atoms. The van der Waals surface area contributed by atoms with Gasteiger partial charge in [0.05, 0.1) is 5.56 Å². The van der Waals surface area contributed by atoms with Crippen molar-refractivity contribution in [1.82, 2.24) is 4.90 Å². The van der Waals surface area contributed by atoms with Gasteiger partial charge in [-0.2, -0.15) is 0 Å². The van der Waals surface area contributed by atoms with E-state index in [1.54, 1.807) is 12.1 Å². The van der Waals surface area contributed by atoms with Crippen LogP contribution in [0.3, 0.4) is 0 Å². The molecule has 1 fully saturated rings. The summed E-state index contributed by atoms with van der Waals surface area (Å²) < 4.78 is 5.34. The largest absolute Gasteiger partial charge is 0.423 e. The lowest BCUT2D eigenvalue weighted by atomic mass is 9.89. The Morgan fingerprint density at radius 2 is 1.75 bits per heavy atom. The fraction of sp³-hybridized carbons (Fsp3) is 0.263. The molecule has 0 aromatic heterocycles. The maximum atomic E-state index is 12.1. The second kappa shape index (κ2) is 7.64. The van der Waals surface area contributed by atoms with E-state index in [2.05, 4.69) is 5.16 Å². The van der Waals surface area contributed by atoms with Crippen molar-refractivity contribution in [3.8, 4) is 5.75 Å². The molecule has 2 aromatic rings. The van der Waals surface area contributed by atoms with Crippen LogP contribution in [0.2, 0.25) is 0 Å². The van der Waals surface area contributed by atoms with Gasteiger partial charge in [-0.25, -0.2) is 4.79 Å². The summed E-state index contributed by atoms with van der Waals surface area (Å²) in [6.07, 6.45) is 3.47. The van der Waals surface area contributed by atoms with Crippen molar-refractivity contribution >= 4 is 12.3 Å². The van der Waals surface area contributed by atoms with E-state index in [0.29, 0.717) is 17.2 Å². The Bertz CT molecular complexity index is 690. The summed E-state index contributed by atoms with van der Waals surface area (Å²) in [5.74, 6) is 0.666. The monoisotopic (exact) mass is 324 g/mol.